The van der Waals surface area contributed by atoms with E-state index in [0.29, 0.717) is 24.0 Å². The van der Waals surface area contributed by atoms with Crippen LogP contribution in [0, 0.1) is 26.7 Å². The van der Waals surface area contributed by atoms with E-state index in [1.54, 1.807) is 31.6 Å². The minimum atomic E-state index is -0.0384. The number of rotatable bonds is 4. The van der Waals surface area contributed by atoms with E-state index in [1.807, 2.05) is 18.7 Å². The monoisotopic (exact) mass is 378 g/mol. The predicted octanol–water partition coefficient (Wildman–Crippen LogP) is 2.55. The largest absolute Gasteiger partial charge is 0.361 e. The maximum Gasteiger partial charge on any atom is 0.272 e. The van der Waals surface area contributed by atoms with Gasteiger partial charge in [0.25, 0.3) is 5.91 Å². The van der Waals surface area contributed by atoms with Gasteiger partial charge in [0.05, 0.1) is 28.8 Å². The van der Waals surface area contributed by atoms with E-state index < -0.39 is 0 Å². The summed E-state index contributed by atoms with van der Waals surface area (Å²) in [6.45, 7) is 6.98. The Morgan fingerprint density at radius 2 is 2.11 bits per heavy atom. The molecule has 3 aromatic heterocycles. The van der Waals surface area contributed by atoms with E-state index in [1.165, 1.54) is 0 Å². The summed E-state index contributed by atoms with van der Waals surface area (Å²) in [6, 6.07) is 1.67. The molecule has 4 heterocycles. The molecule has 0 radical (unpaired) electrons. The first-order valence-corrected chi connectivity index (χ1v) is 9.34. The third-order valence-corrected chi connectivity index (χ3v) is 5.04. The molecule has 4 rings (SSSR count). The summed E-state index contributed by atoms with van der Waals surface area (Å²) < 4.78 is 5.24. The average Bonchev–Trinajstić information content (AvgIpc) is 3.28. The Bertz CT molecular complexity index is 996. The first-order chi connectivity index (χ1) is 13.5. The van der Waals surface area contributed by atoms with Crippen molar-refractivity contribution in [1.29, 1.82) is 0 Å². The standard InChI is InChI=1S/C20H22N6O2/c1-12-19(13(2)28-25-12)18-10-21-9-16(24-18)8-15-5-7-26(11-15)20(27)17-4-6-22-14(3)23-17/h4,6,9-10,15H,5,7-8,11H2,1-3H3. The second-order valence-electron chi connectivity index (χ2n) is 7.19. The molecule has 1 unspecified atom stereocenters. The van der Waals surface area contributed by atoms with E-state index in [4.69, 9.17) is 9.51 Å². The van der Waals surface area contributed by atoms with Gasteiger partial charge in [-0.25, -0.2) is 15.0 Å². The molecule has 3 aromatic rings. The number of likely N-dealkylation sites (tertiary alicyclic amines) is 1. The maximum atomic E-state index is 12.7. The van der Waals surface area contributed by atoms with Gasteiger partial charge in [-0.05, 0) is 45.6 Å². The molecule has 144 valence electrons. The smallest absolute Gasteiger partial charge is 0.272 e. The Labute approximate surface area is 163 Å². The number of amides is 1. The molecule has 1 fully saturated rings. The van der Waals surface area contributed by atoms with E-state index in [0.717, 1.165) is 47.8 Å². The molecule has 28 heavy (non-hydrogen) atoms. The lowest BCUT2D eigenvalue weighted by molar-refractivity contribution is 0.0780. The molecule has 1 aliphatic heterocycles. The van der Waals surface area contributed by atoms with Crippen LogP contribution in [0.2, 0.25) is 0 Å². The maximum absolute atomic E-state index is 12.7. The molecule has 8 nitrogen and oxygen atoms in total. The Morgan fingerprint density at radius 3 is 2.86 bits per heavy atom. The van der Waals surface area contributed by atoms with Crippen molar-refractivity contribution in [3.05, 3.63) is 53.3 Å². The van der Waals surface area contributed by atoms with Crippen molar-refractivity contribution >= 4 is 5.91 Å². The van der Waals surface area contributed by atoms with E-state index >= 15 is 0 Å². The van der Waals surface area contributed by atoms with Crippen molar-refractivity contribution < 1.29 is 9.32 Å². The Hall–Kier alpha value is -3.16. The lowest BCUT2D eigenvalue weighted by Gasteiger charge is -2.16. The SMILES string of the molecule is Cc1nccc(C(=O)N2CCC(Cc3cncc(-c4c(C)noc4C)n3)C2)n1. The number of aryl methyl sites for hydroxylation is 3. The molecule has 0 bridgehead atoms. The highest BCUT2D eigenvalue weighted by Gasteiger charge is 2.28. The fraction of sp³-hybridized carbons (Fsp3) is 0.400. The van der Waals surface area contributed by atoms with Gasteiger partial charge in [-0.2, -0.15) is 0 Å². The quantitative estimate of drug-likeness (QED) is 0.688. The van der Waals surface area contributed by atoms with Crippen molar-refractivity contribution in [2.75, 3.05) is 13.1 Å². The zero-order chi connectivity index (χ0) is 19.7. The molecule has 0 N–H and O–H groups in total. The second kappa shape index (κ2) is 7.46. The Kier molecular flexibility index (Phi) is 4.85. The van der Waals surface area contributed by atoms with E-state index in [9.17, 15) is 4.79 Å². The molecule has 1 amide bonds. The molecular formula is C20H22N6O2. The van der Waals surface area contributed by atoms with Gasteiger partial charge in [0.15, 0.2) is 0 Å². The van der Waals surface area contributed by atoms with Crippen molar-refractivity contribution in [2.24, 2.45) is 5.92 Å². The number of hydrogen-bond donors (Lipinski definition) is 0. The number of carbonyl (C=O) groups is 1. The van der Waals surface area contributed by atoms with Crippen LogP contribution in [0.4, 0.5) is 0 Å². The zero-order valence-corrected chi connectivity index (χ0v) is 16.2. The van der Waals surface area contributed by atoms with Crippen molar-refractivity contribution in [3.63, 3.8) is 0 Å². The molecule has 8 heteroatoms. The summed E-state index contributed by atoms with van der Waals surface area (Å²) in [5.74, 6) is 1.65. The van der Waals surface area contributed by atoms with E-state index in [-0.39, 0.29) is 5.91 Å². The fourth-order valence-corrected chi connectivity index (χ4v) is 3.69. The predicted molar refractivity (Wildman–Crippen MR) is 101 cm³/mol. The van der Waals surface area contributed by atoms with Gasteiger partial charge in [0.1, 0.15) is 17.3 Å². The summed E-state index contributed by atoms with van der Waals surface area (Å²) in [4.78, 5) is 31.9. The summed E-state index contributed by atoms with van der Waals surface area (Å²) in [5, 5.41) is 3.99. The Morgan fingerprint density at radius 1 is 1.25 bits per heavy atom. The number of hydrogen-bond acceptors (Lipinski definition) is 7. The molecule has 0 saturated carbocycles. The van der Waals surface area contributed by atoms with Gasteiger partial charge in [-0.1, -0.05) is 5.16 Å². The molecule has 0 aliphatic carbocycles. The molecule has 1 atom stereocenters. The van der Waals surface area contributed by atoms with Crippen LogP contribution >= 0.6 is 0 Å². The highest BCUT2D eigenvalue weighted by Crippen LogP contribution is 2.26. The van der Waals surface area contributed by atoms with Gasteiger partial charge in [0, 0.05) is 25.5 Å². The van der Waals surface area contributed by atoms with Crippen LogP contribution in [0.5, 0.6) is 0 Å². The van der Waals surface area contributed by atoms with Crippen LogP contribution in [0.3, 0.4) is 0 Å². The zero-order valence-electron chi connectivity index (χ0n) is 16.2. The van der Waals surface area contributed by atoms with Crippen LogP contribution < -0.4 is 0 Å². The number of nitrogens with zero attached hydrogens (tertiary/aromatic N) is 6. The van der Waals surface area contributed by atoms with Crippen LogP contribution in [0.25, 0.3) is 11.3 Å². The molecule has 1 aliphatic rings. The summed E-state index contributed by atoms with van der Waals surface area (Å²) in [5.41, 5.74) is 3.85. The second-order valence-corrected chi connectivity index (χ2v) is 7.19. The number of aromatic nitrogens is 5. The van der Waals surface area contributed by atoms with Crippen molar-refractivity contribution in [2.45, 2.75) is 33.6 Å². The van der Waals surface area contributed by atoms with Gasteiger partial charge in [-0.3, -0.25) is 9.78 Å². The topological polar surface area (TPSA) is 97.9 Å². The van der Waals surface area contributed by atoms with Gasteiger partial charge in [0.2, 0.25) is 0 Å². The molecule has 0 aromatic carbocycles. The highest BCUT2D eigenvalue weighted by molar-refractivity contribution is 5.92. The summed E-state index contributed by atoms with van der Waals surface area (Å²) in [6.07, 6.45) is 6.86. The summed E-state index contributed by atoms with van der Waals surface area (Å²) in [7, 11) is 0. The molecule has 0 spiro atoms. The molecular weight excluding hydrogens is 356 g/mol. The van der Waals surface area contributed by atoms with Crippen LogP contribution in [-0.4, -0.2) is 49.0 Å². The average molecular weight is 378 g/mol. The third-order valence-electron chi connectivity index (χ3n) is 5.04. The van der Waals surface area contributed by atoms with Gasteiger partial charge < -0.3 is 9.42 Å². The van der Waals surface area contributed by atoms with Gasteiger partial charge in [-0.15, -0.1) is 0 Å². The summed E-state index contributed by atoms with van der Waals surface area (Å²) >= 11 is 0. The minimum absolute atomic E-state index is 0.0384. The van der Waals surface area contributed by atoms with Crippen molar-refractivity contribution in [3.8, 4) is 11.3 Å². The third kappa shape index (κ3) is 3.62. The fourth-order valence-electron chi connectivity index (χ4n) is 3.69. The Balaban J connectivity index is 1.45. The van der Waals surface area contributed by atoms with Gasteiger partial charge >= 0.3 is 0 Å². The normalized spacial score (nSPS) is 16.5. The first-order valence-electron chi connectivity index (χ1n) is 9.34. The van der Waals surface area contributed by atoms with Crippen molar-refractivity contribution in [1.82, 2.24) is 30.0 Å². The first kappa shape index (κ1) is 18.2. The lowest BCUT2D eigenvalue weighted by Crippen LogP contribution is -2.29. The van der Waals surface area contributed by atoms with Crippen LogP contribution in [0.1, 0.15) is 39.9 Å². The lowest BCUT2D eigenvalue weighted by atomic mass is 10.0. The molecule has 1 saturated heterocycles. The number of carbonyl (C=O) groups excluding carboxylic acids is 1. The highest BCUT2D eigenvalue weighted by atomic mass is 16.5. The van der Waals surface area contributed by atoms with Crippen LogP contribution in [-0.2, 0) is 6.42 Å². The van der Waals surface area contributed by atoms with Crippen LogP contribution in [0.15, 0.2) is 29.2 Å². The van der Waals surface area contributed by atoms with E-state index in [2.05, 4.69) is 20.1 Å². The minimum Gasteiger partial charge on any atom is -0.361 e.